The second kappa shape index (κ2) is 38.8. The molecule has 4 aliphatic heterocycles. The van der Waals surface area contributed by atoms with E-state index in [1.807, 2.05) is 19.6 Å². The Labute approximate surface area is 571 Å². The van der Waals surface area contributed by atoms with Crippen LogP contribution in [0.4, 0.5) is 4.48 Å². The second-order valence-corrected chi connectivity index (χ2v) is 24.3. The van der Waals surface area contributed by atoms with E-state index in [4.69, 9.17) is 17.3 Å². The van der Waals surface area contributed by atoms with E-state index >= 15 is 0 Å². The molecule has 4 heterocycles. The van der Waals surface area contributed by atoms with Gasteiger partial charge >= 0.3 is 5.97 Å². The first-order chi connectivity index (χ1) is 47.2. The standard InChI is InChI=1S/C66H88FN15O15S/c67-78-66(98)75-23-4-2-11-43-41-82-35-29-74-61(93)47-15-6-13-45(55(47)87)59(91)70-25-31-80(33-27-72-63(95)49-17-8-19-51(57(49)89)65(97)77-43)37-36-79-30-24-69-58(90)44-12-5-14-46(54(44)86)60(92)73-28-34-81(38-39-82)40-42(10-1-3-22-68-52(83)20-9-21-53(84)85)76-64(96)50-18-7-16-48(56(50)88)62(94)71-26-32-79/h5-8,12-19,42-43,86-89H,1-4,9-11,20-41H2,(H,68,83)(H,69,90)(H,70,91)(H,71,94)(H,72,95)(H,73,92)(H,74,93)(H,76,96)(H,77,97)(H,84,85)(H2,75,78,98). The molecule has 0 saturated carbocycles. The van der Waals surface area contributed by atoms with Crippen LogP contribution in [0, 0.1) is 0 Å². The van der Waals surface area contributed by atoms with Crippen LogP contribution >= 0.6 is 12.2 Å². The zero-order chi connectivity index (χ0) is 70.5. The quantitative estimate of drug-likeness (QED) is 0.0464. The van der Waals surface area contributed by atoms with Crippen LogP contribution in [0.15, 0.2) is 72.8 Å². The Morgan fingerprint density at radius 3 is 1.00 bits per heavy atom. The lowest BCUT2D eigenvalue weighted by atomic mass is 10.0. The van der Waals surface area contributed by atoms with Crippen molar-refractivity contribution in [2.75, 3.05) is 131 Å². The van der Waals surface area contributed by atoms with Gasteiger partial charge in [0.2, 0.25) is 5.91 Å². The highest BCUT2D eigenvalue weighted by atomic mass is 32.1. The number of carbonyl (C=O) groups is 10. The summed E-state index contributed by atoms with van der Waals surface area (Å²) in [6, 6.07) is 15.2. The number of aromatic hydroxyl groups is 4. The van der Waals surface area contributed by atoms with Crippen molar-refractivity contribution in [3.05, 3.63) is 117 Å². The number of aliphatic carboxylic acids is 1. The molecule has 32 heteroatoms. The molecule has 530 valence electrons. The zero-order valence-corrected chi connectivity index (χ0v) is 55.3. The average molecular weight is 1380 g/mol. The Morgan fingerprint density at radius 2 is 0.694 bits per heavy atom. The molecule has 4 aliphatic rings. The van der Waals surface area contributed by atoms with E-state index < -0.39 is 88.3 Å². The van der Waals surface area contributed by atoms with Crippen molar-refractivity contribution in [1.29, 1.82) is 0 Å². The summed E-state index contributed by atoms with van der Waals surface area (Å²) in [4.78, 5) is 145. The van der Waals surface area contributed by atoms with Crippen LogP contribution in [0.25, 0.3) is 0 Å². The molecule has 8 rings (SSSR count). The summed E-state index contributed by atoms with van der Waals surface area (Å²) in [6.45, 7) is 1.40. The van der Waals surface area contributed by atoms with Crippen LogP contribution in [0.3, 0.4) is 0 Å². The number of phenols is 4. The second-order valence-electron chi connectivity index (χ2n) is 23.9. The number of nitrogens with one attached hydrogen (secondary N) is 11. The predicted octanol–water partition coefficient (Wildman–Crippen LogP) is 0.494. The predicted molar refractivity (Wildman–Crippen MR) is 362 cm³/mol. The fourth-order valence-corrected chi connectivity index (χ4v) is 11.7. The number of halogens is 1. The molecule has 0 saturated heterocycles. The lowest BCUT2D eigenvalue weighted by Gasteiger charge is -2.33. The minimum Gasteiger partial charge on any atom is -0.506 e. The van der Waals surface area contributed by atoms with Crippen molar-refractivity contribution in [3.8, 4) is 23.0 Å². The smallest absolute Gasteiger partial charge is 0.303 e. The van der Waals surface area contributed by atoms with Gasteiger partial charge in [-0.15, -0.1) is 4.48 Å². The number of amides is 9. The lowest BCUT2D eigenvalue weighted by Crippen LogP contribution is -2.50. The Hall–Kier alpha value is -9.76. The number of carboxylic acids is 1. The largest absolute Gasteiger partial charge is 0.506 e. The highest BCUT2D eigenvalue weighted by Crippen LogP contribution is 2.27. The van der Waals surface area contributed by atoms with Gasteiger partial charge in [-0.3, -0.25) is 67.5 Å². The van der Waals surface area contributed by atoms with Gasteiger partial charge in [0.15, 0.2) is 5.11 Å². The Bertz CT molecular complexity index is 3500. The van der Waals surface area contributed by atoms with Crippen molar-refractivity contribution in [3.63, 3.8) is 0 Å². The first-order valence-electron chi connectivity index (χ1n) is 32.8. The van der Waals surface area contributed by atoms with Gasteiger partial charge in [-0.2, -0.15) is 5.54 Å². The molecule has 6 atom stereocenters. The van der Waals surface area contributed by atoms with E-state index in [-0.39, 0.29) is 219 Å². The summed E-state index contributed by atoms with van der Waals surface area (Å²) in [5, 5.41) is 84.1. The minimum atomic E-state index is -1.03. The van der Waals surface area contributed by atoms with Crippen LogP contribution in [0.2, 0.25) is 0 Å². The maximum atomic E-state index is 14.6. The highest BCUT2D eigenvalue weighted by molar-refractivity contribution is 7.80. The van der Waals surface area contributed by atoms with Crippen molar-refractivity contribution in [2.24, 2.45) is 0 Å². The molecule has 0 fully saturated rings. The molecule has 6 unspecified atom stereocenters. The number of hydrogen-bond acceptors (Lipinski definition) is 19. The topological polar surface area (TPSA) is 417 Å². The van der Waals surface area contributed by atoms with Gasteiger partial charge in [-0.25, -0.2) is 0 Å². The normalized spacial score (nSPS) is 20.9. The van der Waals surface area contributed by atoms with Crippen LogP contribution in [-0.2, 0) is 9.59 Å². The SMILES string of the molecule is O=C(O)CCCC(=O)NCCCCC1CN2CCNC(=O)c3cccc(c3O)C(=O)NCCN(CCNC(=O)c3cccc(c3O)C(=O)N1)CCN1CCNC(=O)c3cccc(c3O)C(=O)NCCN(CC2)CC(CCCCNC(=S)NF)NC(=O)c2cccc(c2O)C(=O)NCC1. The Kier molecular flexibility index (Phi) is 30.0. The molecule has 0 spiro atoms. The fourth-order valence-electron chi connectivity index (χ4n) is 11.6. The van der Waals surface area contributed by atoms with Crippen molar-refractivity contribution in [2.45, 2.75) is 69.9 Å². The van der Waals surface area contributed by atoms with Gasteiger partial charge in [0.25, 0.3) is 47.3 Å². The van der Waals surface area contributed by atoms with Crippen molar-refractivity contribution < 1.29 is 78.0 Å². The zero-order valence-electron chi connectivity index (χ0n) is 54.5. The van der Waals surface area contributed by atoms with Gasteiger partial charge in [0, 0.05) is 156 Å². The minimum absolute atomic E-state index is 0.00749. The number of rotatable bonds is 14. The molecule has 9 amide bonds. The van der Waals surface area contributed by atoms with Crippen molar-refractivity contribution in [1.82, 2.24) is 78.3 Å². The van der Waals surface area contributed by atoms with E-state index in [1.54, 1.807) is 0 Å². The number of benzene rings is 4. The van der Waals surface area contributed by atoms with Crippen LogP contribution in [0.1, 0.15) is 141 Å². The summed E-state index contributed by atoms with van der Waals surface area (Å²) >= 11 is 4.93. The molecule has 0 aliphatic carbocycles. The monoisotopic (exact) mass is 1380 g/mol. The first kappa shape index (κ1) is 75.6. The number of hydrogen-bond donors (Lipinski definition) is 16. The third-order valence-electron chi connectivity index (χ3n) is 16.9. The maximum Gasteiger partial charge on any atom is 0.303 e. The number of phenolic OH excluding ortho intramolecular Hbond substituents is 4. The number of carboxylic acid groups (broad SMARTS) is 1. The molecule has 0 radical (unpaired) electrons. The molecule has 0 aromatic heterocycles. The van der Waals surface area contributed by atoms with E-state index in [2.05, 4.69) is 53.2 Å². The van der Waals surface area contributed by atoms with Gasteiger partial charge in [-0.1, -0.05) is 24.3 Å². The van der Waals surface area contributed by atoms with E-state index in [1.165, 1.54) is 78.3 Å². The molecule has 4 aromatic carbocycles. The van der Waals surface area contributed by atoms with Gasteiger partial charge in [0.1, 0.15) is 23.0 Å². The highest BCUT2D eigenvalue weighted by Gasteiger charge is 2.28. The number of unbranched alkanes of at least 4 members (excludes halogenated alkanes) is 2. The Balaban J connectivity index is 1.35. The summed E-state index contributed by atoms with van der Waals surface area (Å²) in [5.41, 5.74) is -0.280. The number of nitrogens with zero attached hydrogens (tertiary/aromatic N) is 4. The number of fused-ring (bicyclic) bond motifs is 16. The number of thiocarbonyl (C=S) groups is 1. The van der Waals surface area contributed by atoms with Crippen LogP contribution in [0.5, 0.6) is 23.0 Å². The third kappa shape index (κ3) is 23.2. The third-order valence-corrected chi connectivity index (χ3v) is 17.1. The van der Waals surface area contributed by atoms with Gasteiger partial charge < -0.3 is 78.7 Å². The maximum absolute atomic E-state index is 14.6. The van der Waals surface area contributed by atoms with E-state index in [0.29, 0.717) is 25.7 Å². The number of carbonyl (C=O) groups excluding carboxylic acids is 9. The van der Waals surface area contributed by atoms with Crippen LogP contribution < -0.4 is 58.7 Å². The van der Waals surface area contributed by atoms with E-state index in [0.717, 1.165) is 0 Å². The molecule has 4 aromatic rings. The molecular formula is C66H88FN15O15S. The number of para-hydroxylation sites is 4. The summed E-state index contributed by atoms with van der Waals surface area (Å²) in [5.74, 6) is -9.51. The van der Waals surface area contributed by atoms with Crippen molar-refractivity contribution >= 4 is 76.5 Å². The Morgan fingerprint density at radius 1 is 0.408 bits per heavy atom. The summed E-state index contributed by atoms with van der Waals surface area (Å²) in [6.07, 6.45) is 2.09. The molecule has 12 bridgehead atoms. The van der Waals surface area contributed by atoms with Crippen LogP contribution in [-0.4, -0.2) is 252 Å². The molecule has 98 heavy (non-hydrogen) atoms. The molecule has 30 nitrogen and oxygen atoms in total. The molecule has 16 N–H and O–H groups in total. The summed E-state index contributed by atoms with van der Waals surface area (Å²) in [7, 11) is 0. The average Bonchev–Trinajstić information content (AvgIpc) is 0.850. The first-order valence-corrected chi connectivity index (χ1v) is 33.2. The fraction of sp³-hybridized carbons (Fsp3) is 0.470. The van der Waals surface area contributed by atoms with Gasteiger partial charge in [-0.05, 0) is 106 Å². The van der Waals surface area contributed by atoms with E-state index in [9.17, 15) is 72.9 Å². The van der Waals surface area contributed by atoms with Gasteiger partial charge in [0.05, 0.1) is 44.5 Å². The lowest BCUT2D eigenvalue weighted by molar-refractivity contribution is -0.137. The molecular weight excluding hydrogens is 1290 g/mol. The summed E-state index contributed by atoms with van der Waals surface area (Å²) < 4.78 is 13.1.